The molecule has 1 aromatic heterocycles. The van der Waals surface area contributed by atoms with Crippen molar-refractivity contribution in [3.05, 3.63) is 18.0 Å². The Kier molecular flexibility index (Phi) is 7.10. The molecule has 0 radical (unpaired) electrons. The van der Waals surface area contributed by atoms with Gasteiger partial charge in [0.05, 0.1) is 5.69 Å². The topological polar surface area (TPSA) is 33.1 Å². The van der Waals surface area contributed by atoms with Crippen molar-refractivity contribution < 1.29 is 0 Å². The van der Waals surface area contributed by atoms with E-state index in [0.29, 0.717) is 12.1 Å². The van der Waals surface area contributed by atoms with E-state index in [0.717, 1.165) is 26.1 Å². The molecule has 1 aromatic rings. The summed E-state index contributed by atoms with van der Waals surface area (Å²) >= 11 is 0. The summed E-state index contributed by atoms with van der Waals surface area (Å²) in [5.41, 5.74) is 1.19. The summed E-state index contributed by atoms with van der Waals surface area (Å²) in [6, 6.07) is 3.09. The average molecular weight is 266 g/mol. The molecule has 0 aliphatic heterocycles. The van der Waals surface area contributed by atoms with Crippen molar-refractivity contribution in [2.75, 3.05) is 26.7 Å². The van der Waals surface area contributed by atoms with Gasteiger partial charge in [-0.05, 0) is 53.0 Å². The monoisotopic (exact) mass is 266 g/mol. The van der Waals surface area contributed by atoms with Crippen molar-refractivity contribution in [3.63, 3.8) is 0 Å². The summed E-state index contributed by atoms with van der Waals surface area (Å²) in [6.45, 7) is 12.2. The maximum absolute atomic E-state index is 4.63. The molecule has 0 fully saturated rings. The Bertz CT molecular complexity index is 342. The number of nitrogens with one attached hydrogen (secondary N) is 1. The molecular weight excluding hydrogens is 236 g/mol. The highest BCUT2D eigenvalue weighted by Crippen LogP contribution is 2.08. The number of nitrogens with zero attached hydrogens (tertiary/aromatic N) is 3. The number of likely N-dealkylation sites (N-methyl/N-ethyl adjacent to an activating group) is 1. The minimum atomic E-state index is 0.442. The van der Waals surface area contributed by atoms with E-state index in [1.807, 2.05) is 11.7 Å². The Hall–Kier alpha value is -0.870. The van der Waals surface area contributed by atoms with Gasteiger partial charge in [-0.15, -0.1) is 0 Å². The fourth-order valence-corrected chi connectivity index (χ4v) is 2.25. The molecule has 0 amide bonds. The number of rotatable bonds is 9. The molecule has 1 unspecified atom stereocenters. The van der Waals surface area contributed by atoms with Crippen LogP contribution >= 0.6 is 0 Å². The SMILES string of the molecule is CCN(CC)CCC(Cc1ccn(C(C)C)n1)NC. The number of hydrogen-bond donors (Lipinski definition) is 1. The van der Waals surface area contributed by atoms with Gasteiger partial charge in [0.2, 0.25) is 0 Å². The van der Waals surface area contributed by atoms with Gasteiger partial charge in [0.1, 0.15) is 0 Å². The standard InChI is InChI=1S/C15H30N4/c1-6-18(7-2)10-8-14(16-5)12-15-9-11-19(17-15)13(3)4/h9,11,13-14,16H,6-8,10,12H2,1-5H3. The molecule has 0 spiro atoms. The molecule has 0 aliphatic rings. The summed E-state index contributed by atoms with van der Waals surface area (Å²) in [4.78, 5) is 2.47. The van der Waals surface area contributed by atoms with Gasteiger partial charge in [-0.3, -0.25) is 4.68 Å². The first-order valence-corrected chi connectivity index (χ1v) is 7.54. The van der Waals surface area contributed by atoms with Crippen LogP contribution in [0.3, 0.4) is 0 Å². The van der Waals surface area contributed by atoms with Crippen LogP contribution in [0.1, 0.15) is 45.9 Å². The van der Waals surface area contributed by atoms with Crippen LogP contribution in [-0.2, 0) is 6.42 Å². The molecule has 0 aromatic carbocycles. The fourth-order valence-electron chi connectivity index (χ4n) is 2.25. The first kappa shape index (κ1) is 16.2. The maximum Gasteiger partial charge on any atom is 0.0640 e. The van der Waals surface area contributed by atoms with Gasteiger partial charge in [0, 0.05) is 24.7 Å². The highest BCUT2D eigenvalue weighted by atomic mass is 15.3. The maximum atomic E-state index is 4.63. The fraction of sp³-hybridized carbons (Fsp3) is 0.800. The normalized spacial score (nSPS) is 13.4. The van der Waals surface area contributed by atoms with Crippen molar-refractivity contribution >= 4 is 0 Å². The van der Waals surface area contributed by atoms with E-state index in [-0.39, 0.29) is 0 Å². The quantitative estimate of drug-likeness (QED) is 0.744. The Morgan fingerprint density at radius 2 is 2.00 bits per heavy atom. The van der Waals surface area contributed by atoms with Crippen molar-refractivity contribution in [2.45, 2.75) is 52.6 Å². The van der Waals surface area contributed by atoms with Crippen LogP contribution in [0.2, 0.25) is 0 Å². The number of aromatic nitrogens is 2. The van der Waals surface area contributed by atoms with E-state index in [1.54, 1.807) is 0 Å². The third kappa shape index (κ3) is 5.33. The van der Waals surface area contributed by atoms with Crippen molar-refractivity contribution in [2.24, 2.45) is 0 Å². The molecule has 110 valence electrons. The zero-order chi connectivity index (χ0) is 14.3. The molecule has 4 heteroatoms. The van der Waals surface area contributed by atoms with Crippen LogP contribution in [0.5, 0.6) is 0 Å². The molecule has 19 heavy (non-hydrogen) atoms. The molecule has 0 saturated heterocycles. The molecule has 1 N–H and O–H groups in total. The Balaban J connectivity index is 2.46. The zero-order valence-corrected chi connectivity index (χ0v) is 13.2. The summed E-state index contributed by atoms with van der Waals surface area (Å²) in [5.74, 6) is 0. The average Bonchev–Trinajstić information content (AvgIpc) is 2.87. The van der Waals surface area contributed by atoms with Crippen LogP contribution in [-0.4, -0.2) is 47.4 Å². The lowest BCUT2D eigenvalue weighted by molar-refractivity contribution is 0.282. The third-order valence-corrected chi connectivity index (χ3v) is 3.74. The van der Waals surface area contributed by atoms with Crippen LogP contribution in [0, 0.1) is 0 Å². The number of hydrogen-bond acceptors (Lipinski definition) is 3. The Morgan fingerprint density at radius 3 is 2.47 bits per heavy atom. The van der Waals surface area contributed by atoms with E-state index < -0.39 is 0 Å². The molecule has 4 nitrogen and oxygen atoms in total. The third-order valence-electron chi connectivity index (χ3n) is 3.74. The minimum absolute atomic E-state index is 0.442. The molecular formula is C15H30N4. The summed E-state index contributed by atoms with van der Waals surface area (Å²) in [6.07, 6.45) is 4.27. The first-order valence-electron chi connectivity index (χ1n) is 7.54. The van der Waals surface area contributed by atoms with E-state index in [2.05, 4.69) is 55.3 Å². The van der Waals surface area contributed by atoms with Gasteiger partial charge in [-0.1, -0.05) is 13.8 Å². The van der Waals surface area contributed by atoms with E-state index in [9.17, 15) is 0 Å². The predicted molar refractivity (Wildman–Crippen MR) is 81.6 cm³/mol. The smallest absolute Gasteiger partial charge is 0.0640 e. The van der Waals surface area contributed by atoms with Crippen molar-refractivity contribution in [3.8, 4) is 0 Å². The largest absolute Gasteiger partial charge is 0.317 e. The molecule has 1 atom stereocenters. The van der Waals surface area contributed by atoms with Crippen molar-refractivity contribution in [1.29, 1.82) is 0 Å². The summed E-state index contributed by atoms with van der Waals surface area (Å²) in [7, 11) is 2.05. The minimum Gasteiger partial charge on any atom is -0.317 e. The second-order valence-electron chi connectivity index (χ2n) is 5.39. The van der Waals surface area contributed by atoms with Gasteiger partial charge in [-0.2, -0.15) is 5.10 Å². The highest BCUT2D eigenvalue weighted by Gasteiger charge is 2.11. The molecule has 1 heterocycles. The van der Waals surface area contributed by atoms with E-state index in [1.165, 1.54) is 12.1 Å². The van der Waals surface area contributed by atoms with Crippen LogP contribution in [0.25, 0.3) is 0 Å². The Labute approximate surface area is 118 Å². The highest BCUT2D eigenvalue weighted by molar-refractivity contribution is 5.02. The zero-order valence-electron chi connectivity index (χ0n) is 13.2. The van der Waals surface area contributed by atoms with Crippen LogP contribution < -0.4 is 5.32 Å². The lowest BCUT2D eigenvalue weighted by Gasteiger charge is -2.22. The molecule has 1 rings (SSSR count). The van der Waals surface area contributed by atoms with Crippen LogP contribution in [0.15, 0.2) is 12.3 Å². The molecule has 0 aliphatic carbocycles. The van der Waals surface area contributed by atoms with E-state index in [4.69, 9.17) is 0 Å². The van der Waals surface area contributed by atoms with Gasteiger partial charge in [-0.25, -0.2) is 0 Å². The van der Waals surface area contributed by atoms with Gasteiger partial charge in [0.15, 0.2) is 0 Å². The summed E-state index contributed by atoms with van der Waals surface area (Å²) in [5, 5.41) is 8.04. The summed E-state index contributed by atoms with van der Waals surface area (Å²) < 4.78 is 2.03. The van der Waals surface area contributed by atoms with Gasteiger partial charge >= 0.3 is 0 Å². The Morgan fingerprint density at radius 1 is 1.32 bits per heavy atom. The van der Waals surface area contributed by atoms with Gasteiger partial charge < -0.3 is 10.2 Å². The van der Waals surface area contributed by atoms with E-state index >= 15 is 0 Å². The molecule has 0 bridgehead atoms. The lowest BCUT2D eigenvalue weighted by atomic mass is 10.1. The van der Waals surface area contributed by atoms with Gasteiger partial charge in [0.25, 0.3) is 0 Å². The predicted octanol–water partition coefficient (Wildman–Crippen LogP) is 2.33. The van der Waals surface area contributed by atoms with Crippen LogP contribution in [0.4, 0.5) is 0 Å². The molecule has 0 saturated carbocycles. The first-order chi connectivity index (χ1) is 9.10. The second kappa shape index (κ2) is 8.33. The second-order valence-corrected chi connectivity index (χ2v) is 5.39. The van der Waals surface area contributed by atoms with Crippen molar-refractivity contribution in [1.82, 2.24) is 20.0 Å². The lowest BCUT2D eigenvalue weighted by Crippen LogP contribution is -2.34.